The standard InChI is InChI=1S/C16H17Cl2N3O3/c1-6-4-19-16(24)7(2)11-12-9(20-10(23)5-22)3-8(17)13(18)15(12)21-14(6)11/h3,6-7,21-22H,4-5H2,1-2H3,(H,19,24)(H,20,23)/t6-,7-/m0/s1. The van der Waals surface area contributed by atoms with Crippen LogP contribution in [-0.4, -0.2) is 35.1 Å². The zero-order valence-electron chi connectivity index (χ0n) is 13.2. The molecule has 0 bridgehead atoms. The zero-order chi connectivity index (χ0) is 17.6. The first-order valence-corrected chi connectivity index (χ1v) is 8.32. The van der Waals surface area contributed by atoms with Crippen LogP contribution in [0.3, 0.4) is 0 Å². The van der Waals surface area contributed by atoms with E-state index in [2.05, 4.69) is 15.6 Å². The Bertz CT molecular complexity index is 847. The summed E-state index contributed by atoms with van der Waals surface area (Å²) in [6, 6.07) is 1.54. The molecule has 24 heavy (non-hydrogen) atoms. The number of fused-ring (bicyclic) bond motifs is 3. The van der Waals surface area contributed by atoms with E-state index >= 15 is 0 Å². The van der Waals surface area contributed by atoms with Crippen molar-refractivity contribution in [2.45, 2.75) is 25.7 Å². The molecule has 0 spiro atoms. The summed E-state index contributed by atoms with van der Waals surface area (Å²) in [4.78, 5) is 27.2. The van der Waals surface area contributed by atoms with Crippen molar-refractivity contribution in [3.8, 4) is 0 Å². The number of aliphatic hydroxyl groups excluding tert-OH is 1. The summed E-state index contributed by atoms with van der Waals surface area (Å²) in [5, 5.41) is 15.8. The highest BCUT2D eigenvalue weighted by atomic mass is 35.5. The number of carbonyl (C=O) groups excluding carboxylic acids is 2. The maximum absolute atomic E-state index is 12.3. The highest BCUT2D eigenvalue weighted by Gasteiger charge is 2.31. The Labute approximate surface area is 148 Å². The fourth-order valence-electron chi connectivity index (χ4n) is 3.13. The lowest BCUT2D eigenvalue weighted by Gasteiger charge is -2.13. The molecule has 128 valence electrons. The smallest absolute Gasteiger partial charge is 0.250 e. The summed E-state index contributed by atoms with van der Waals surface area (Å²) in [6.45, 7) is 3.65. The maximum Gasteiger partial charge on any atom is 0.250 e. The summed E-state index contributed by atoms with van der Waals surface area (Å²) >= 11 is 12.5. The van der Waals surface area contributed by atoms with Gasteiger partial charge in [0, 0.05) is 23.5 Å². The van der Waals surface area contributed by atoms with E-state index in [-0.39, 0.29) is 16.8 Å². The molecule has 8 heteroatoms. The number of halogens is 2. The average Bonchev–Trinajstić information content (AvgIpc) is 2.92. The Morgan fingerprint density at radius 2 is 2.12 bits per heavy atom. The molecule has 6 nitrogen and oxygen atoms in total. The van der Waals surface area contributed by atoms with E-state index in [4.69, 9.17) is 28.3 Å². The number of hydrogen-bond acceptors (Lipinski definition) is 3. The minimum atomic E-state index is -0.652. The Hall–Kier alpha value is -1.76. The number of rotatable bonds is 2. The first-order chi connectivity index (χ1) is 11.3. The minimum Gasteiger partial charge on any atom is -0.387 e. The second-order valence-corrected chi connectivity index (χ2v) is 6.78. The first kappa shape index (κ1) is 17.1. The Balaban J connectivity index is 2.35. The lowest BCUT2D eigenvalue weighted by Crippen LogP contribution is -2.27. The number of hydrogen-bond donors (Lipinski definition) is 4. The highest BCUT2D eigenvalue weighted by Crippen LogP contribution is 2.44. The van der Waals surface area contributed by atoms with Gasteiger partial charge in [-0.1, -0.05) is 30.1 Å². The van der Waals surface area contributed by atoms with Crippen LogP contribution in [0.2, 0.25) is 10.0 Å². The Morgan fingerprint density at radius 3 is 2.79 bits per heavy atom. The number of benzene rings is 1. The van der Waals surface area contributed by atoms with Crippen molar-refractivity contribution < 1.29 is 14.7 Å². The molecule has 3 rings (SSSR count). The van der Waals surface area contributed by atoms with Crippen molar-refractivity contribution in [3.63, 3.8) is 0 Å². The summed E-state index contributed by atoms with van der Waals surface area (Å²) in [5.41, 5.74) is 2.68. The van der Waals surface area contributed by atoms with Gasteiger partial charge in [-0.25, -0.2) is 0 Å². The van der Waals surface area contributed by atoms with E-state index in [9.17, 15) is 9.59 Å². The number of carbonyl (C=O) groups is 2. The molecule has 0 radical (unpaired) electrons. The third kappa shape index (κ3) is 2.64. The molecular formula is C16H17Cl2N3O3. The highest BCUT2D eigenvalue weighted by molar-refractivity contribution is 6.45. The Morgan fingerprint density at radius 1 is 1.42 bits per heavy atom. The normalized spacial score (nSPS) is 20.5. The maximum atomic E-state index is 12.3. The Kier molecular flexibility index (Phi) is 4.46. The van der Waals surface area contributed by atoms with Gasteiger partial charge in [-0.05, 0) is 18.6 Å². The van der Waals surface area contributed by atoms with E-state index in [1.54, 1.807) is 6.92 Å². The second-order valence-electron chi connectivity index (χ2n) is 6.00. The topological polar surface area (TPSA) is 94.2 Å². The van der Waals surface area contributed by atoms with Crippen LogP contribution in [0.4, 0.5) is 5.69 Å². The fraction of sp³-hybridized carbons (Fsp3) is 0.375. The molecule has 0 saturated heterocycles. The second kappa shape index (κ2) is 6.27. The van der Waals surface area contributed by atoms with Gasteiger partial charge in [-0.2, -0.15) is 0 Å². The minimum absolute atomic E-state index is 0.0533. The molecule has 2 aromatic rings. The van der Waals surface area contributed by atoms with Crippen molar-refractivity contribution in [3.05, 3.63) is 27.4 Å². The quantitative estimate of drug-likeness (QED) is 0.655. The molecular weight excluding hydrogens is 353 g/mol. The van der Waals surface area contributed by atoms with Gasteiger partial charge in [-0.3, -0.25) is 9.59 Å². The SMILES string of the molecule is C[C@@H]1C(=O)NC[C@H](C)c2[nH]c3c(Cl)c(Cl)cc(NC(=O)CO)c3c21. The first-order valence-electron chi connectivity index (χ1n) is 7.57. The third-order valence-electron chi connectivity index (χ3n) is 4.36. The lowest BCUT2D eigenvalue weighted by atomic mass is 9.93. The van der Waals surface area contributed by atoms with Crippen LogP contribution in [0.25, 0.3) is 10.9 Å². The largest absolute Gasteiger partial charge is 0.387 e. The molecule has 1 aromatic carbocycles. The van der Waals surface area contributed by atoms with Crippen LogP contribution in [0.5, 0.6) is 0 Å². The van der Waals surface area contributed by atoms with Crippen LogP contribution in [0.15, 0.2) is 6.07 Å². The van der Waals surface area contributed by atoms with Crippen molar-refractivity contribution >= 4 is 51.6 Å². The van der Waals surface area contributed by atoms with Crippen LogP contribution >= 0.6 is 23.2 Å². The summed E-state index contributed by atoms with van der Waals surface area (Å²) in [6.07, 6.45) is 0. The number of aromatic amines is 1. The van der Waals surface area contributed by atoms with E-state index in [1.165, 1.54) is 6.07 Å². The number of nitrogens with one attached hydrogen (secondary N) is 3. The van der Waals surface area contributed by atoms with Gasteiger partial charge >= 0.3 is 0 Å². The summed E-state index contributed by atoms with van der Waals surface area (Å²) < 4.78 is 0. The number of anilines is 1. The average molecular weight is 370 g/mol. The monoisotopic (exact) mass is 369 g/mol. The molecule has 2 atom stereocenters. The van der Waals surface area contributed by atoms with Gasteiger partial charge in [0.25, 0.3) is 0 Å². The molecule has 0 saturated carbocycles. The van der Waals surface area contributed by atoms with E-state index < -0.39 is 18.4 Å². The van der Waals surface area contributed by atoms with Gasteiger partial charge in [0.05, 0.1) is 27.2 Å². The molecule has 1 aliphatic rings. The molecule has 2 amide bonds. The lowest BCUT2D eigenvalue weighted by molar-refractivity contribution is -0.122. The molecule has 4 N–H and O–H groups in total. The van der Waals surface area contributed by atoms with Gasteiger partial charge in [-0.15, -0.1) is 0 Å². The molecule has 0 unspecified atom stereocenters. The van der Waals surface area contributed by atoms with Crippen molar-refractivity contribution in [2.24, 2.45) is 0 Å². The van der Waals surface area contributed by atoms with Gasteiger partial charge in [0.15, 0.2) is 0 Å². The van der Waals surface area contributed by atoms with E-state index in [0.717, 1.165) is 11.3 Å². The van der Waals surface area contributed by atoms with Crippen LogP contribution in [0, 0.1) is 0 Å². The molecule has 2 heterocycles. The van der Waals surface area contributed by atoms with Gasteiger partial charge in [0.2, 0.25) is 11.8 Å². The number of amides is 2. The van der Waals surface area contributed by atoms with Crippen LogP contribution in [0.1, 0.15) is 36.9 Å². The van der Waals surface area contributed by atoms with Crippen LogP contribution in [-0.2, 0) is 9.59 Å². The molecule has 1 aliphatic heterocycles. The van der Waals surface area contributed by atoms with Gasteiger partial charge < -0.3 is 20.7 Å². The third-order valence-corrected chi connectivity index (χ3v) is 5.15. The molecule has 1 aromatic heterocycles. The predicted molar refractivity (Wildman–Crippen MR) is 93.9 cm³/mol. The number of aromatic nitrogens is 1. The van der Waals surface area contributed by atoms with Crippen molar-refractivity contribution in [1.29, 1.82) is 0 Å². The van der Waals surface area contributed by atoms with Crippen LogP contribution < -0.4 is 10.6 Å². The fourth-order valence-corrected chi connectivity index (χ4v) is 3.53. The number of aliphatic hydroxyl groups is 1. The summed E-state index contributed by atoms with van der Waals surface area (Å²) in [7, 11) is 0. The molecule has 0 fully saturated rings. The van der Waals surface area contributed by atoms with Crippen molar-refractivity contribution in [1.82, 2.24) is 10.3 Å². The van der Waals surface area contributed by atoms with Crippen molar-refractivity contribution in [2.75, 3.05) is 18.5 Å². The zero-order valence-corrected chi connectivity index (χ0v) is 14.7. The summed E-state index contributed by atoms with van der Waals surface area (Å²) in [5.74, 6) is -1.02. The van der Waals surface area contributed by atoms with Gasteiger partial charge in [0.1, 0.15) is 6.61 Å². The molecule has 0 aliphatic carbocycles. The number of H-pyrrole nitrogens is 1. The van der Waals surface area contributed by atoms with E-state index in [0.29, 0.717) is 28.2 Å². The predicted octanol–water partition coefficient (Wildman–Crippen LogP) is 2.74. The van der Waals surface area contributed by atoms with E-state index in [1.807, 2.05) is 6.92 Å².